The molecule has 2 rings (SSSR count). The van der Waals surface area contributed by atoms with Gasteiger partial charge in [0, 0.05) is 11.6 Å². The van der Waals surface area contributed by atoms with Crippen LogP contribution < -0.4 is 10.5 Å². The van der Waals surface area contributed by atoms with Crippen LogP contribution in [0.3, 0.4) is 0 Å². The highest BCUT2D eigenvalue weighted by molar-refractivity contribution is 9.10. The molecule has 0 saturated heterocycles. The van der Waals surface area contributed by atoms with Crippen LogP contribution in [0.5, 0.6) is 11.5 Å². The Morgan fingerprint density at radius 2 is 1.89 bits per heavy atom. The molecule has 1 atom stereocenters. The van der Waals surface area contributed by atoms with Crippen molar-refractivity contribution in [1.82, 2.24) is 0 Å². The lowest BCUT2D eigenvalue weighted by Gasteiger charge is -2.15. The van der Waals surface area contributed by atoms with E-state index >= 15 is 0 Å². The van der Waals surface area contributed by atoms with Gasteiger partial charge in [0.15, 0.2) is 11.6 Å². The number of ether oxygens (including phenoxy) is 1. The lowest BCUT2D eigenvalue weighted by atomic mass is 10.1. The molecule has 0 spiro atoms. The van der Waals surface area contributed by atoms with Crippen LogP contribution in [-0.4, -0.2) is 0 Å². The van der Waals surface area contributed by atoms with Crippen molar-refractivity contribution in [2.45, 2.75) is 13.0 Å². The minimum Gasteiger partial charge on any atom is -0.453 e. The highest BCUT2D eigenvalue weighted by Gasteiger charge is 2.14. The smallest absolute Gasteiger partial charge is 0.167 e. The zero-order valence-corrected chi connectivity index (χ0v) is 11.4. The molecule has 94 valence electrons. The quantitative estimate of drug-likeness (QED) is 0.912. The summed E-state index contributed by atoms with van der Waals surface area (Å²) in [5.41, 5.74) is 6.46. The maximum absolute atomic E-state index is 13.8. The SMILES string of the molecule is CC(N)c1cccc(F)c1Oc1ccccc1Br. The number of para-hydroxylation sites is 2. The first-order valence-corrected chi connectivity index (χ1v) is 6.35. The summed E-state index contributed by atoms with van der Waals surface area (Å²) >= 11 is 3.36. The molecule has 0 radical (unpaired) electrons. The van der Waals surface area contributed by atoms with Crippen LogP contribution in [0.4, 0.5) is 4.39 Å². The molecule has 2 aromatic rings. The van der Waals surface area contributed by atoms with Crippen LogP contribution in [0.15, 0.2) is 46.9 Å². The van der Waals surface area contributed by atoms with E-state index in [1.54, 1.807) is 25.1 Å². The zero-order chi connectivity index (χ0) is 13.1. The molecule has 0 bridgehead atoms. The molecule has 2 aromatic carbocycles. The van der Waals surface area contributed by atoms with E-state index in [2.05, 4.69) is 15.9 Å². The Morgan fingerprint density at radius 3 is 2.56 bits per heavy atom. The first-order valence-electron chi connectivity index (χ1n) is 5.56. The van der Waals surface area contributed by atoms with E-state index < -0.39 is 5.82 Å². The molecule has 0 heterocycles. The van der Waals surface area contributed by atoms with E-state index in [-0.39, 0.29) is 11.8 Å². The van der Waals surface area contributed by atoms with E-state index in [1.807, 2.05) is 18.2 Å². The van der Waals surface area contributed by atoms with Crippen molar-refractivity contribution in [1.29, 1.82) is 0 Å². The molecule has 2 N–H and O–H groups in total. The summed E-state index contributed by atoms with van der Waals surface area (Å²) < 4.78 is 20.2. The fraction of sp³-hybridized carbons (Fsp3) is 0.143. The molecule has 0 aliphatic heterocycles. The lowest BCUT2D eigenvalue weighted by molar-refractivity contribution is 0.430. The standard InChI is InChI=1S/C14H13BrFNO/c1-9(17)10-5-4-7-12(16)14(10)18-13-8-3-2-6-11(13)15/h2-9H,17H2,1H3. The highest BCUT2D eigenvalue weighted by Crippen LogP contribution is 2.34. The van der Waals surface area contributed by atoms with Crippen molar-refractivity contribution < 1.29 is 9.13 Å². The van der Waals surface area contributed by atoms with Gasteiger partial charge in [0.2, 0.25) is 0 Å². The average Bonchev–Trinajstić information content (AvgIpc) is 2.34. The number of nitrogens with two attached hydrogens (primary N) is 1. The number of hydrogen-bond acceptors (Lipinski definition) is 2. The topological polar surface area (TPSA) is 35.2 Å². The van der Waals surface area contributed by atoms with Crippen molar-refractivity contribution in [3.05, 3.63) is 58.3 Å². The van der Waals surface area contributed by atoms with Gasteiger partial charge in [0.25, 0.3) is 0 Å². The molecule has 1 unspecified atom stereocenters. The fourth-order valence-corrected chi connectivity index (χ4v) is 1.99. The molecule has 0 aliphatic rings. The number of rotatable bonds is 3. The lowest BCUT2D eigenvalue weighted by Crippen LogP contribution is -2.07. The van der Waals surface area contributed by atoms with Gasteiger partial charge in [-0.15, -0.1) is 0 Å². The number of halogens is 2. The first-order chi connectivity index (χ1) is 8.59. The van der Waals surface area contributed by atoms with Crippen molar-refractivity contribution in [2.24, 2.45) is 5.73 Å². The van der Waals surface area contributed by atoms with Crippen LogP contribution in [0, 0.1) is 5.82 Å². The number of benzene rings is 2. The summed E-state index contributed by atoms with van der Waals surface area (Å²) in [5.74, 6) is 0.324. The van der Waals surface area contributed by atoms with Crippen LogP contribution in [0.25, 0.3) is 0 Å². The third-order valence-corrected chi connectivity index (χ3v) is 3.19. The van der Waals surface area contributed by atoms with Crippen molar-refractivity contribution >= 4 is 15.9 Å². The Labute approximate surface area is 114 Å². The second-order valence-electron chi connectivity index (χ2n) is 3.98. The van der Waals surface area contributed by atoms with Gasteiger partial charge in [-0.3, -0.25) is 0 Å². The van der Waals surface area contributed by atoms with Crippen molar-refractivity contribution in [2.75, 3.05) is 0 Å². The molecule has 0 aromatic heterocycles. The summed E-state index contributed by atoms with van der Waals surface area (Å²) in [6.07, 6.45) is 0. The predicted molar refractivity (Wildman–Crippen MR) is 73.2 cm³/mol. The van der Waals surface area contributed by atoms with Gasteiger partial charge in [-0.1, -0.05) is 24.3 Å². The van der Waals surface area contributed by atoms with Crippen molar-refractivity contribution in [3.63, 3.8) is 0 Å². The molecule has 2 nitrogen and oxygen atoms in total. The third-order valence-electron chi connectivity index (χ3n) is 2.54. The Bertz CT molecular complexity index is 557. The normalized spacial score (nSPS) is 12.2. The van der Waals surface area contributed by atoms with E-state index in [9.17, 15) is 4.39 Å². The average molecular weight is 310 g/mol. The van der Waals surface area contributed by atoms with Gasteiger partial charge in [0.1, 0.15) is 5.75 Å². The van der Waals surface area contributed by atoms with Crippen LogP contribution in [0.2, 0.25) is 0 Å². The molecule has 4 heteroatoms. The highest BCUT2D eigenvalue weighted by atomic mass is 79.9. The van der Waals surface area contributed by atoms with Gasteiger partial charge in [-0.25, -0.2) is 4.39 Å². The molecule has 0 fully saturated rings. The molecular formula is C14H13BrFNO. The van der Waals surface area contributed by atoms with E-state index in [0.29, 0.717) is 11.3 Å². The summed E-state index contributed by atoms with van der Waals surface area (Å²) in [4.78, 5) is 0. The molecule has 0 saturated carbocycles. The van der Waals surface area contributed by atoms with Gasteiger partial charge in [-0.2, -0.15) is 0 Å². The fourth-order valence-electron chi connectivity index (χ4n) is 1.63. The zero-order valence-electron chi connectivity index (χ0n) is 9.86. The van der Waals surface area contributed by atoms with E-state index in [4.69, 9.17) is 10.5 Å². The summed E-state index contributed by atoms with van der Waals surface area (Å²) in [5, 5.41) is 0. The predicted octanol–water partition coefficient (Wildman–Crippen LogP) is 4.40. The van der Waals surface area contributed by atoms with Crippen LogP contribution in [0.1, 0.15) is 18.5 Å². The second kappa shape index (κ2) is 5.50. The Kier molecular flexibility index (Phi) is 3.99. The maximum atomic E-state index is 13.8. The van der Waals surface area contributed by atoms with Crippen LogP contribution in [-0.2, 0) is 0 Å². The summed E-state index contributed by atoms with van der Waals surface area (Å²) in [6.45, 7) is 1.79. The monoisotopic (exact) mass is 309 g/mol. The Balaban J connectivity index is 2.43. The van der Waals surface area contributed by atoms with E-state index in [1.165, 1.54) is 6.07 Å². The molecule has 0 aliphatic carbocycles. The minimum absolute atomic E-state index is 0.180. The first kappa shape index (κ1) is 13.1. The maximum Gasteiger partial charge on any atom is 0.167 e. The largest absolute Gasteiger partial charge is 0.453 e. The van der Waals surface area contributed by atoms with Crippen LogP contribution >= 0.6 is 15.9 Å². The van der Waals surface area contributed by atoms with Gasteiger partial charge in [-0.05, 0) is 41.1 Å². The second-order valence-corrected chi connectivity index (χ2v) is 4.83. The summed E-state index contributed by atoms with van der Waals surface area (Å²) in [6, 6.07) is 11.7. The molecule has 0 amide bonds. The minimum atomic E-state index is -0.416. The van der Waals surface area contributed by atoms with E-state index in [0.717, 1.165) is 4.47 Å². The Morgan fingerprint density at radius 1 is 1.17 bits per heavy atom. The summed E-state index contributed by atoms with van der Waals surface area (Å²) in [7, 11) is 0. The van der Waals surface area contributed by atoms with Gasteiger partial charge >= 0.3 is 0 Å². The number of hydrogen-bond donors (Lipinski definition) is 1. The van der Waals surface area contributed by atoms with Crippen molar-refractivity contribution in [3.8, 4) is 11.5 Å². The van der Waals surface area contributed by atoms with Gasteiger partial charge in [0.05, 0.1) is 4.47 Å². The third kappa shape index (κ3) is 2.71. The van der Waals surface area contributed by atoms with Gasteiger partial charge < -0.3 is 10.5 Å². The Hall–Kier alpha value is -1.39. The molecular weight excluding hydrogens is 297 g/mol. The molecule has 18 heavy (non-hydrogen) atoms.